The smallest absolute Gasteiger partial charge is 0.229 e. The number of rotatable bonds is 12. The summed E-state index contributed by atoms with van der Waals surface area (Å²) in [7, 11) is 0. The first-order valence-corrected chi connectivity index (χ1v) is 16.1. The van der Waals surface area contributed by atoms with Crippen LogP contribution < -0.4 is 30.9 Å². The van der Waals surface area contributed by atoms with Gasteiger partial charge < -0.3 is 30.9 Å². The van der Waals surface area contributed by atoms with E-state index in [9.17, 15) is 9.59 Å². The molecule has 0 saturated carbocycles. The van der Waals surface area contributed by atoms with Gasteiger partial charge in [0.25, 0.3) is 0 Å². The maximum absolute atomic E-state index is 12.5. The molecule has 0 radical (unpaired) electrons. The van der Waals surface area contributed by atoms with Gasteiger partial charge in [-0.1, -0.05) is 11.6 Å². The third kappa shape index (κ3) is 9.19. The highest BCUT2D eigenvalue weighted by Gasteiger charge is 2.32. The molecule has 2 fully saturated rings. The van der Waals surface area contributed by atoms with Gasteiger partial charge in [-0.05, 0) is 108 Å². The lowest BCUT2D eigenvalue weighted by Gasteiger charge is -2.38. The van der Waals surface area contributed by atoms with E-state index in [4.69, 9.17) is 21.3 Å². The van der Waals surface area contributed by atoms with E-state index in [0.717, 1.165) is 43.8 Å². The fourth-order valence-electron chi connectivity index (χ4n) is 6.34. The van der Waals surface area contributed by atoms with Crippen molar-refractivity contribution >= 4 is 40.9 Å². The molecule has 0 unspecified atom stereocenters. The molecule has 43 heavy (non-hydrogen) atoms. The number of carbonyl (C=O) groups is 2. The first-order valence-electron chi connectivity index (χ1n) is 15.8. The summed E-state index contributed by atoms with van der Waals surface area (Å²) in [6, 6.07) is 4.30. The zero-order valence-electron chi connectivity index (χ0n) is 26.3. The first-order chi connectivity index (χ1) is 20.7. The average Bonchev–Trinajstić information content (AvgIpc) is 2.95. The van der Waals surface area contributed by atoms with Crippen molar-refractivity contribution < 1.29 is 14.3 Å². The Morgan fingerprint density at radius 2 is 1.70 bits per heavy atom. The number of ether oxygens (including phenoxy) is 1. The predicted molar refractivity (Wildman–Crippen MR) is 173 cm³/mol. The van der Waals surface area contributed by atoms with Crippen molar-refractivity contribution in [2.75, 3.05) is 49.5 Å². The van der Waals surface area contributed by atoms with E-state index < -0.39 is 0 Å². The minimum Gasteiger partial charge on any atom is -0.489 e. The third-order valence-electron chi connectivity index (χ3n) is 8.10. The lowest BCUT2D eigenvalue weighted by atomic mass is 9.85. The van der Waals surface area contributed by atoms with Crippen LogP contribution in [0.3, 0.4) is 0 Å². The Kier molecular flexibility index (Phi) is 11.9. The number of hydrogen-bond acceptors (Lipinski definition) is 8. The van der Waals surface area contributed by atoms with Gasteiger partial charge in [0.1, 0.15) is 10.8 Å². The van der Waals surface area contributed by atoms with Crippen molar-refractivity contribution in [3.8, 4) is 5.75 Å². The summed E-state index contributed by atoms with van der Waals surface area (Å²) in [4.78, 5) is 36.4. The molecule has 10 nitrogen and oxygen atoms in total. The second-order valence-corrected chi connectivity index (χ2v) is 12.5. The number of nitrogens with one attached hydrogen (secondary N) is 4. The molecule has 4 rings (SSSR count). The fourth-order valence-corrected chi connectivity index (χ4v) is 6.55. The highest BCUT2D eigenvalue weighted by atomic mass is 35.5. The van der Waals surface area contributed by atoms with Crippen LogP contribution in [0.25, 0.3) is 0 Å². The molecule has 236 valence electrons. The number of halogens is 1. The van der Waals surface area contributed by atoms with E-state index in [2.05, 4.69) is 50.2 Å². The van der Waals surface area contributed by atoms with E-state index in [1.54, 1.807) is 6.20 Å². The normalized spacial score (nSPS) is 19.3. The molecule has 1 aromatic carbocycles. The minimum absolute atomic E-state index is 0.00265. The monoisotopic (exact) mass is 613 g/mol. The molecule has 2 saturated heterocycles. The Morgan fingerprint density at radius 3 is 2.28 bits per heavy atom. The zero-order chi connectivity index (χ0) is 30.9. The molecule has 3 heterocycles. The molecule has 2 aromatic rings. The van der Waals surface area contributed by atoms with Crippen LogP contribution in [-0.2, 0) is 9.59 Å². The Labute approximate surface area is 261 Å². The van der Waals surface area contributed by atoms with Gasteiger partial charge in [-0.15, -0.1) is 0 Å². The molecule has 11 heteroatoms. The molecule has 2 atom stereocenters. The standard InChI is InChI=1S/C32H48ClN7O3/c1-6-35-29(41)14-22-13-23(15-30(42)36-7-2)19-40(18-22)31-26(33)17-37-32(39-31)38-27-12-21(5)25(16-28(27)43-20(3)4)24-8-10-34-11-9-24/h12,16-17,20,22-24,34H,6-11,13-15,18-19H2,1-5H3,(H,35,41)(H,36,42)(H,37,38,39)/t22-,23+. The lowest BCUT2D eigenvalue weighted by Crippen LogP contribution is -2.44. The van der Waals surface area contributed by atoms with Crippen LogP contribution in [-0.4, -0.2) is 67.2 Å². The topological polar surface area (TPSA) is 121 Å². The van der Waals surface area contributed by atoms with E-state index in [1.165, 1.54) is 11.1 Å². The van der Waals surface area contributed by atoms with E-state index in [1.807, 2.05) is 27.7 Å². The quantitative estimate of drug-likeness (QED) is 0.266. The van der Waals surface area contributed by atoms with Crippen LogP contribution in [0.2, 0.25) is 5.02 Å². The molecule has 2 aliphatic rings. The van der Waals surface area contributed by atoms with Crippen LogP contribution >= 0.6 is 11.6 Å². The van der Waals surface area contributed by atoms with Crippen LogP contribution in [0.1, 0.15) is 76.8 Å². The van der Waals surface area contributed by atoms with Crippen LogP contribution in [0.4, 0.5) is 17.5 Å². The lowest BCUT2D eigenvalue weighted by molar-refractivity contribution is -0.122. The summed E-state index contributed by atoms with van der Waals surface area (Å²) in [6.07, 6.45) is 5.40. The fraction of sp³-hybridized carbons (Fsp3) is 0.625. The van der Waals surface area contributed by atoms with Gasteiger partial charge >= 0.3 is 0 Å². The summed E-state index contributed by atoms with van der Waals surface area (Å²) >= 11 is 6.69. The molecule has 1 aromatic heterocycles. The van der Waals surface area contributed by atoms with E-state index in [0.29, 0.717) is 61.7 Å². The number of aromatic nitrogens is 2. The van der Waals surface area contributed by atoms with Gasteiger partial charge in [0, 0.05) is 39.0 Å². The second-order valence-electron chi connectivity index (χ2n) is 12.1. The summed E-state index contributed by atoms with van der Waals surface area (Å²) in [5.41, 5.74) is 3.33. The summed E-state index contributed by atoms with van der Waals surface area (Å²) in [6.45, 7) is 14.5. The number of hydrogen-bond donors (Lipinski definition) is 4. The average molecular weight is 614 g/mol. The van der Waals surface area contributed by atoms with Gasteiger partial charge in [0.2, 0.25) is 17.8 Å². The second kappa shape index (κ2) is 15.6. The third-order valence-corrected chi connectivity index (χ3v) is 8.37. The minimum atomic E-state index is 0.00265. The van der Waals surface area contributed by atoms with Crippen LogP contribution in [0.5, 0.6) is 5.75 Å². The van der Waals surface area contributed by atoms with Crippen LogP contribution in [0.15, 0.2) is 18.3 Å². The van der Waals surface area contributed by atoms with E-state index in [-0.39, 0.29) is 29.8 Å². The number of anilines is 3. The Hall–Kier alpha value is -3.11. The molecule has 0 bridgehead atoms. The Morgan fingerprint density at radius 1 is 1.07 bits per heavy atom. The highest BCUT2D eigenvalue weighted by molar-refractivity contribution is 6.32. The largest absolute Gasteiger partial charge is 0.489 e. The van der Waals surface area contributed by atoms with Gasteiger partial charge in [-0.3, -0.25) is 9.59 Å². The van der Waals surface area contributed by atoms with Gasteiger partial charge in [0.05, 0.1) is 18.0 Å². The van der Waals surface area contributed by atoms with Crippen molar-refractivity contribution in [3.05, 3.63) is 34.5 Å². The number of benzene rings is 1. The molecular weight excluding hydrogens is 566 g/mol. The number of piperidine rings is 2. The van der Waals surface area contributed by atoms with Crippen molar-refractivity contribution in [2.24, 2.45) is 11.8 Å². The maximum Gasteiger partial charge on any atom is 0.229 e. The predicted octanol–water partition coefficient (Wildman–Crippen LogP) is 4.93. The molecule has 2 amide bonds. The van der Waals surface area contributed by atoms with Gasteiger partial charge in [-0.25, -0.2) is 4.98 Å². The Balaban J connectivity index is 1.60. The van der Waals surface area contributed by atoms with Crippen molar-refractivity contribution in [3.63, 3.8) is 0 Å². The first kappa shape index (κ1) is 32.8. The summed E-state index contributed by atoms with van der Waals surface area (Å²) < 4.78 is 6.27. The molecule has 2 aliphatic heterocycles. The number of amides is 2. The van der Waals surface area contributed by atoms with Crippen molar-refractivity contribution in [1.82, 2.24) is 25.9 Å². The van der Waals surface area contributed by atoms with Crippen molar-refractivity contribution in [2.45, 2.75) is 78.7 Å². The van der Waals surface area contributed by atoms with Crippen molar-refractivity contribution in [1.29, 1.82) is 0 Å². The SMILES string of the molecule is CCNC(=O)C[C@@H]1C[C@H](CC(=O)NCC)CN(c2nc(Nc3cc(C)c(C4CCNCC4)cc3OC(C)C)ncc2Cl)C1. The number of aryl methyl sites for hydroxylation is 1. The maximum atomic E-state index is 12.5. The molecule has 4 N–H and O–H groups in total. The molecular formula is C32H48ClN7O3. The summed E-state index contributed by atoms with van der Waals surface area (Å²) in [5.74, 6) is 2.45. The zero-order valence-corrected chi connectivity index (χ0v) is 27.0. The number of carbonyl (C=O) groups excluding carboxylic acids is 2. The van der Waals surface area contributed by atoms with Crippen LogP contribution in [0, 0.1) is 18.8 Å². The summed E-state index contributed by atoms with van der Waals surface area (Å²) in [5, 5.41) is 13.1. The highest BCUT2D eigenvalue weighted by Crippen LogP contribution is 2.38. The molecule has 0 spiro atoms. The van der Waals surface area contributed by atoms with E-state index >= 15 is 0 Å². The Bertz CT molecular complexity index is 1220. The molecule has 0 aliphatic carbocycles. The van der Waals surface area contributed by atoms with Gasteiger partial charge in [-0.2, -0.15) is 4.98 Å². The van der Waals surface area contributed by atoms with Gasteiger partial charge in [0.15, 0.2) is 5.82 Å². The number of nitrogens with zero attached hydrogens (tertiary/aromatic N) is 3.